The molecule has 0 aliphatic heterocycles. The third kappa shape index (κ3) is 8.30. The van der Waals surface area contributed by atoms with Crippen LogP contribution in [0.1, 0.15) is 37.8 Å². The van der Waals surface area contributed by atoms with Crippen molar-refractivity contribution >= 4 is 36.7 Å². The molecule has 5 rings (SSSR count). The van der Waals surface area contributed by atoms with Crippen LogP contribution >= 0.6 is 7.82 Å². The third-order valence-electron chi connectivity index (χ3n) is 6.00. The molecule has 2 aliphatic carbocycles. The lowest BCUT2D eigenvalue weighted by Gasteiger charge is -2.13. The number of aliphatic hydroxyl groups is 1. The predicted octanol–water partition coefficient (Wildman–Crippen LogP) is 1.82. The maximum absolute atomic E-state index is 11.1. The number of aromatic nitrogens is 4. The number of rotatable bonds is 10. The van der Waals surface area contributed by atoms with Gasteiger partial charge in [-0.25, -0.2) is 14.3 Å². The van der Waals surface area contributed by atoms with Crippen molar-refractivity contribution < 1.29 is 33.6 Å². The Bertz CT molecular complexity index is 1340. The number of phosphoric ester groups is 1. The van der Waals surface area contributed by atoms with Gasteiger partial charge in [0.2, 0.25) is 5.95 Å². The number of allylic oxidation sites excluding steroid dienone is 1. The zero-order valence-corrected chi connectivity index (χ0v) is 22.1. The fourth-order valence-electron chi connectivity index (χ4n) is 3.86. The van der Waals surface area contributed by atoms with E-state index in [1.165, 1.54) is 6.92 Å². The number of phosphoric acid groups is 1. The van der Waals surface area contributed by atoms with Crippen molar-refractivity contribution in [2.75, 3.05) is 17.7 Å². The number of carbonyl (C=O) groups excluding carboxylic acids is 1. The summed E-state index contributed by atoms with van der Waals surface area (Å²) in [5, 5.41) is 12.6. The normalized spacial score (nSPS) is 19.4. The van der Waals surface area contributed by atoms with Gasteiger partial charge in [0.25, 0.3) is 0 Å². The van der Waals surface area contributed by atoms with Crippen molar-refractivity contribution in [2.24, 2.45) is 5.92 Å². The second-order valence-corrected chi connectivity index (χ2v) is 10.5. The van der Waals surface area contributed by atoms with Gasteiger partial charge in [-0.3, -0.25) is 14.6 Å². The number of fused-ring (bicyclic) bond motifs is 1. The molecule has 2 heterocycles. The van der Waals surface area contributed by atoms with Crippen LogP contribution < -0.4 is 16.5 Å². The van der Waals surface area contributed by atoms with Gasteiger partial charge in [-0.2, -0.15) is 15.4 Å². The van der Waals surface area contributed by atoms with E-state index in [4.69, 9.17) is 20.4 Å². The molecular formula is C24H32N7O7P. The molecule has 1 fully saturated rings. The van der Waals surface area contributed by atoms with E-state index in [2.05, 4.69) is 36.3 Å². The molecule has 0 bridgehead atoms. The Morgan fingerprint density at radius 1 is 1.23 bits per heavy atom. The van der Waals surface area contributed by atoms with Crippen molar-refractivity contribution in [2.45, 2.75) is 50.9 Å². The predicted molar refractivity (Wildman–Crippen MR) is 142 cm³/mol. The van der Waals surface area contributed by atoms with E-state index in [0.29, 0.717) is 6.04 Å². The zero-order chi connectivity index (χ0) is 28.0. The largest absolute Gasteiger partial charge is 0.527 e. The summed E-state index contributed by atoms with van der Waals surface area (Å²) in [7, 11) is -4.81. The minimum atomic E-state index is -4.81. The number of nitrogens with one attached hydrogen (secondary N) is 2. The zero-order valence-electron chi connectivity index (χ0n) is 21.3. The van der Waals surface area contributed by atoms with Crippen molar-refractivity contribution in [1.29, 1.82) is 0 Å². The first-order valence-corrected chi connectivity index (χ1v) is 13.9. The Morgan fingerprint density at radius 2 is 1.97 bits per heavy atom. The average Bonchev–Trinajstić information content (AvgIpc) is 3.40. The Kier molecular flexibility index (Phi) is 9.28. The van der Waals surface area contributed by atoms with Gasteiger partial charge >= 0.3 is 13.8 Å². The van der Waals surface area contributed by atoms with Gasteiger partial charge < -0.3 is 25.2 Å². The summed E-state index contributed by atoms with van der Waals surface area (Å²) in [6.45, 7) is 1.75. The summed E-state index contributed by atoms with van der Waals surface area (Å²) in [6.07, 6.45) is 9.10. The molecule has 1 saturated carbocycles. The van der Waals surface area contributed by atoms with E-state index in [-0.39, 0.29) is 31.1 Å². The monoisotopic (exact) mass is 561 g/mol. The molecule has 0 amide bonds. The van der Waals surface area contributed by atoms with E-state index in [1.54, 1.807) is 6.33 Å². The summed E-state index contributed by atoms with van der Waals surface area (Å²) >= 11 is 0. The number of nitrogens with zero attached hydrogens (tertiary/aromatic N) is 4. The van der Waals surface area contributed by atoms with Crippen LogP contribution in [0.3, 0.4) is 0 Å². The number of hydrogen-bond acceptors (Lipinski definition) is 11. The first kappa shape index (κ1) is 28.6. The number of benzene rings is 1. The van der Waals surface area contributed by atoms with E-state index < -0.39 is 19.8 Å². The molecule has 14 nitrogen and oxygen atoms in total. The van der Waals surface area contributed by atoms with Crippen LogP contribution in [0.4, 0.5) is 11.8 Å². The van der Waals surface area contributed by atoms with Crippen molar-refractivity contribution in [3.8, 4) is 0 Å². The summed E-state index contributed by atoms with van der Waals surface area (Å²) < 4.78 is 16.3. The topological polar surface area (TPSA) is 207 Å². The van der Waals surface area contributed by atoms with Gasteiger partial charge in [0.1, 0.15) is 6.04 Å². The Labute approximate surface area is 224 Å². The molecule has 0 saturated heterocycles. The number of nitrogens with two attached hydrogens (primary N) is 1. The third-order valence-corrected chi connectivity index (χ3v) is 6.42. The highest BCUT2D eigenvalue weighted by Crippen LogP contribution is 2.36. The van der Waals surface area contributed by atoms with Gasteiger partial charge in [0, 0.05) is 18.6 Å². The lowest BCUT2D eigenvalue weighted by molar-refractivity contribution is -0.142. The number of nitrogen functional groups attached to an aromatic ring is 1. The standard InChI is InChI=1S/C14H18N6O.C10H14NO6P/c15-14-18-12(17-9-2-3-9)11-13(19-14)20(7-16-11)10-4-1-8(5-10)6-21;1-8(10(12)17-18(13,14)15)11-16-7-9-5-3-2-4-6-9/h1,4,7-10,21H,2-3,5-6H2,(H3,15,17,18,19);2-6,8,11H,7H2,1H3,(H2,13,14,15)/t8-,10+;8-/m11/s1. The number of aliphatic hydroxyl groups excluding tert-OH is 1. The van der Waals surface area contributed by atoms with Crippen LogP contribution in [-0.4, -0.2) is 59.1 Å². The molecule has 7 N–H and O–H groups in total. The number of hydroxylamine groups is 1. The summed E-state index contributed by atoms with van der Waals surface area (Å²) in [5.41, 5.74) is 10.6. The molecule has 2 aromatic heterocycles. The Hall–Kier alpha value is -3.39. The first-order valence-electron chi connectivity index (χ1n) is 12.4. The molecule has 3 atom stereocenters. The maximum atomic E-state index is 11.1. The molecule has 39 heavy (non-hydrogen) atoms. The number of anilines is 2. The molecule has 1 aromatic carbocycles. The van der Waals surface area contributed by atoms with Crippen LogP contribution in [0.25, 0.3) is 11.2 Å². The molecule has 0 unspecified atom stereocenters. The minimum absolute atomic E-state index is 0.162. The minimum Gasteiger partial charge on any atom is -0.396 e. The van der Waals surface area contributed by atoms with Crippen LogP contribution in [0.2, 0.25) is 0 Å². The lowest BCUT2D eigenvalue weighted by atomic mass is 10.1. The average molecular weight is 562 g/mol. The smallest absolute Gasteiger partial charge is 0.396 e. The molecule has 0 radical (unpaired) electrons. The molecule has 210 valence electrons. The molecular weight excluding hydrogens is 529 g/mol. The van der Waals surface area contributed by atoms with Gasteiger partial charge in [-0.15, -0.1) is 0 Å². The van der Waals surface area contributed by atoms with Crippen LogP contribution in [-0.2, 0) is 25.3 Å². The molecule has 3 aromatic rings. The van der Waals surface area contributed by atoms with Crippen LogP contribution in [0, 0.1) is 5.92 Å². The van der Waals surface area contributed by atoms with Crippen LogP contribution in [0.5, 0.6) is 0 Å². The fraction of sp³-hybridized carbons (Fsp3) is 0.417. The highest BCUT2D eigenvalue weighted by Gasteiger charge is 2.27. The molecule has 0 spiro atoms. The quantitative estimate of drug-likeness (QED) is 0.119. The van der Waals surface area contributed by atoms with E-state index in [0.717, 1.165) is 41.8 Å². The van der Waals surface area contributed by atoms with E-state index >= 15 is 0 Å². The fourth-order valence-corrected chi connectivity index (χ4v) is 4.25. The SMILES string of the molecule is C[C@@H](NOCc1ccccc1)C(=O)OP(=O)(O)O.Nc1nc(NC2CC2)c2ncn([C@H]3C=C[C@@H](CO)C3)c2n1. The summed E-state index contributed by atoms with van der Waals surface area (Å²) in [4.78, 5) is 46.1. The first-order chi connectivity index (χ1) is 18.6. The number of hydrogen-bond donors (Lipinski definition) is 6. The maximum Gasteiger partial charge on any atom is 0.527 e. The van der Waals surface area contributed by atoms with Crippen molar-refractivity contribution in [3.05, 3.63) is 54.4 Å². The van der Waals surface area contributed by atoms with Crippen LogP contribution in [0.15, 0.2) is 48.8 Å². The highest BCUT2D eigenvalue weighted by atomic mass is 31.2. The molecule has 2 aliphatic rings. The lowest BCUT2D eigenvalue weighted by Crippen LogP contribution is -2.34. The summed E-state index contributed by atoms with van der Waals surface area (Å²) in [5.74, 6) is 0.0969. The number of carbonyl (C=O) groups is 1. The molecule has 15 heteroatoms. The second kappa shape index (κ2) is 12.6. The second-order valence-electron chi connectivity index (χ2n) is 9.32. The Balaban J connectivity index is 0.000000184. The van der Waals surface area contributed by atoms with Gasteiger partial charge in [0.05, 0.1) is 19.0 Å². The summed E-state index contributed by atoms with van der Waals surface area (Å²) in [6, 6.07) is 8.86. The van der Waals surface area contributed by atoms with Gasteiger partial charge in [-0.1, -0.05) is 42.5 Å². The Morgan fingerprint density at radius 3 is 2.62 bits per heavy atom. The van der Waals surface area contributed by atoms with Crippen molar-refractivity contribution in [1.82, 2.24) is 25.0 Å². The van der Waals surface area contributed by atoms with Gasteiger partial charge in [0.15, 0.2) is 17.0 Å². The van der Waals surface area contributed by atoms with E-state index in [9.17, 15) is 14.5 Å². The van der Waals surface area contributed by atoms with Crippen molar-refractivity contribution in [3.63, 3.8) is 0 Å². The number of imidazole rings is 1. The van der Waals surface area contributed by atoms with Gasteiger partial charge in [-0.05, 0) is 31.7 Å². The van der Waals surface area contributed by atoms with E-state index in [1.807, 2.05) is 41.0 Å². The highest BCUT2D eigenvalue weighted by molar-refractivity contribution is 7.46.